The number of nitrogen functional groups attached to an aromatic ring is 1. The topological polar surface area (TPSA) is 90.4 Å². The zero-order valence-electron chi connectivity index (χ0n) is 16.3. The van der Waals surface area contributed by atoms with Crippen molar-refractivity contribution in [2.45, 2.75) is 50.6 Å². The van der Waals surface area contributed by atoms with E-state index in [1.165, 1.54) is 31.2 Å². The summed E-state index contributed by atoms with van der Waals surface area (Å²) in [5, 5.41) is 19.7. The lowest BCUT2D eigenvalue weighted by Gasteiger charge is -2.36. The minimum absolute atomic E-state index is 0.250. The van der Waals surface area contributed by atoms with Gasteiger partial charge in [0.05, 0.1) is 0 Å². The molecule has 2 bridgehead atoms. The van der Waals surface area contributed by atoms with Crippen molar-refractivity contribution in [2.75, 3.05) is 12.8 Å². The number of carboxylic acid groups (broad SMARTS) is 1. The van der Waals surface area contributed by atoms with Crippen molar-refractivity contribution < 1.29 is 9.90 Å². The maximum Gasteiger partial charge on any atom is 0.290 e. The SMILES string of the molecule is CN1C2CCC1CC(CCC(=N)c1cc(-c3ccsc3)ccc1N)C2.O=CO. The van der Waals surface area contributed by atoms with E-state index in [0.717, 1.165) is 47.7 Å². The summed E-state index contributed by atoms with van der Waals surface area (Å²) in [6.07, 6.45) is 7.32. The Labute approximate surface area is 170 Å². The predicted octanol–water partition coefficient (Wildman–Crippen LogP) is 4.72. The summed E-state index contributed by atoms with van der Waals surface area (Å²) in [6.45, 7) is -0.250. The van der Waals surface area contributed by atoms with Crippen LogP contribution in [0.2, 0.25) is 0 Å². The highest BCUT2D eigenvalue weighted by Gasteiger charge is 2.38. The van der Waals surface area contributed by atoms with Gasteiger partial charge in [0.25, 0.3) is 6.47 Å². The van der Waals surface area contributed by atoms with Crippen LogP contribution in [0, 0.1) is 11.3 Å². The van der Waals surface area contributed by atoms with Gasteiger partial charge in [-0.3, -0.25) is 4.79 Å². The molecule has 6 heteroatoms. The lowest BCUT2D eigenvalue weighted by atomic mass is 9.86. The molecule has 0 aliphatic carbocycles. The van der Waals surface area contributed by atoms with Crippen LogP contribution >= 0.6 is 11.3 Å². The van der Waals surface area contributed by atoms with Gasteiger partial charge in [0.2, 0.25) is 0 Å². The van der Waals surface area contributed by atoms with Crippen LogP contribution in [0.15, 0.2) is 35.0 Å². The number of thiophene rings is 1. The third-order valence-corrected chi connectivity index (χ3v) is 6.91. The van der Waals surface area contributed by atoms with Gasteiger partial charge < -0.3 is 21.1 Å². The van der Waals surface area contributed by atoms with E-state index in [2.05, 4.69) is 40.9 Å². The highest BCUT2D eigenvalue weighted by atomic mass is 32.1. The summed E-state index contributed by atoms with van der Waals surface area (Å²) >= 11 is 1.70. The number of hydrogen-bond donors (Lipinski definition) is 3. The van der Waals surface area contributed by atoms with Crippen molar-refractivity contribution in [1.29, 1.82) is 5.41 Å². The number of fused-ring (bicyclic) bond motifs is 2. The van der Waals surface area contributed by atoms with Crippen molar-refractivity contribution in [3.8, 4) is 11.1 Å². The van der Waals surface area contributed by atoms with E-state index < -0.39 is 0 Å². The lowest BCUT2D eigenvalue weighted by Crippen LogP contribution is -2.39. The van der Waals surface area contributed by atoms with Gasteiger partial charge in [-0.05, 0) is 91.6 Å². The van der Waals surface area contributed by atoms with Gasteiger partial charge in [0, 0.05) is 29.0 Å². The van der Waals surface area contributed by atoms with Gasteiger partial charge in [-0.15, -0.1) is 0 Å². The first-order chi connectivity index (χ1) is 13.5. The fourth-order valence-corrected chi connectivity index (χ4v) is 5.33. The maximum atomic E-state index is 8.58. The molecule has 0 amide bonds. The van der Waals surface area contributed by atoms with Crippen LogP contribution in [0.25, 0.3) is 11.1 Å². The van der Waals surface area contributed by atoms with Gasteiger partial charge in [-0.25, -0.2) is 0 Å². The molecule has 4 N–H and O–H groups in total. The van der Waals surface area contributed by atoms with Gasteiger partial charge in [-0.1, -0.05) is 6.07 Å². The monoisotopic (exact) mass is 399 g/mol. The molecule has 2 saturated heterocycles. The molecule has 2 unspecified atom stereocenters. The molecule has 1 aromatic heterocycles. The predicted molar refractivity (Wildman–Crippen MR) is 116 cm³/mol. The second-order valence-corrected chi connectivity index (χ2v) is 8.60. The summed E-state index contributed by atoms with van der Waals surface area (Å²) in [5.41, 5.74) is 10.9. The smallest absolute Gasteiger partial charge is 0.290 e. The first-order valence-electron chi connectivity index (χ1n) is 9.83. The van der Waals surface area contributed by atoms with E-state index in [4.69, 9.17) is 21.0 Å². The Balaban J connectivity index is 0.000000706. The van der Waals surface area contributed by atoms with Crippen molar-refractivity contribution in [3.63, 3.8) is 0 Å². The summed E-state index contributed by atoms with van der Waals surface area (Å²) in [6, 6.07) is 9.79. The summed E-state index contributed by atoms with van der Waals surface area (Å²) < 4.78 is 0. The molecule has 28 heavy (non-hydrogen) atoms. The van der Waals surface area contributed by atoms with Gasteiger partial charge in [0.1, 0.15) is 0 Å². The molecule has 2 aliphatic rings. The van der Waals surface area contributed by atoms with Crippen LogP contribution < -0.4 is 5.73 Å². The molecule has 2 aliphatic heterocycles. The molecule has 0 radical (unpaired) electrons. The van der Waals surface area contributed by atoms with Crippen LogP contribution in [-0.4, -0.2) is 41.3 Å². The number of anilines is 1. The molecular weight excluding hydrogens is 370 g/mol. The van der Waals surface area contributed by atoms with Crippen molar-refractivity contribution in [3.05, 3.63) is 40.6 Å². The van der Waals surface area contributed by atoms with Crippen LogP contribution in [-0.2, 0) is 4.79 Å². The number of nitrogens with two attached hydrogens (primary N) is 1. The third-order valence-electron chi connectivity index (χ3n) is 6.23. The molecule has 2 aromatic rings. The molecule has 4 rings (SSSR count). The van der Waals surface area contributed by atoms with Crippen LogP contribution in [0.5, 0.6) is 0 Å². The first kappa shape index (κ1) is 20.6. The molecule has 150 valence electrons. The largest absolute Gasteiger partial charge is 0.483 e. The molecule has 2 atom stereocenters. The molecule has 5 nitrogen and oxygen atoms in total. The molecular formula is C22H29N3O2S. The van der Waals surface area contributed by atoms with Crippen LogP contribution in [0.1, 0.15) is 44.1 Å². The average molecular weight is 400 g/mol. The molecule has 1 aromatic carbocycles. The maximum absolute atomic E-state index is 8.58. The fraction of sp³-hybridized carbons (Fsp3) is 0.455. The van der Waals surface area contributed by atoms with E-state index >= 15 is 0 Å². The number of piperidine rings is 1. The molecule has 0 spiro atoms. The van der Waals surface area contributed by atoms with E-state index in [0.29, 0.717) is 5.71 Å². The standard InChI is InChI=1S/C21H27N3S.CH2O2/c1-24-17-4-5-18(24)11-14(10-17)2-6-20(22)19-12-15(3-7-21(19)23)16-8-9-25-13-16;2-1-3/h3,7-9,12-14,17-18,22H,2,4-6,10-11,23H2,1H3;1H,(H,2,3). The van der Waals surface area contributed by atoms with Gasteiger partial charge in [-0.2, -0.15) is 11.3 Å². The third kappa shape index (κ3) is 4.62. The van der Waals surface area contributed by atoms with Gasteiger partial charge in [0.15, 0.2) is 0 Å². The average Bonchev–Trinajstić information content (AvgIpc) is 3.27. The highest BCUT2D eigenvalue weighted by molar-refractivity contribution is 7.08. The molecule has 3 heterocycles. The molecule has 0 saturated carbocycles. The van der Waals surface area contributed by atoms with E-state index in [1.807, 2.05) is 6.07 Å². The number of nitrogens with one attached hydrogen (secondary N) is 1. The number of nitrogens with zero attached hydrogens (tertiary/aromatic N) is 1. The fourth-order valence-electron chi connectivity index (χ4n) is 4.67. The Hall–Kier alpha value is -2.18. The normalized spacial score (nSPS) is 23.7. The minimum Gasteiger partial charge on any atom is -0.483 e. The zero-order chi connectivity index (χ0) is 20.1. The van der Waals surface area contributed by atoms with Crippen molar-refractivity contribution >= 4 is 29.2 Å². The van der Waals surface area contributed by atoms with E-state index in [1.54, 1.807) is 11.3 Å². The summed E-state index contributed by atoms with van der Waals surface area (Å²) in [4.78, 5) is 10.9. The number of rotatable bonds is 5. The van der Waals surface area contributed by atoms with Crippen LogP contribution in [0.4, 0.5) is 5.69 Å². The van der Waals surface area contributed by atoms with Crippen molar-refractivity contribution in [2.24, 2.45) is 5.92 Å². The first-order valence-corrected chi connectivity index (χ1v) is 10.8. The number of hydrogen-bond acceptors (Lipinski definition) is 5. The second kappa shape index (κ2) is 9.34. The second-order valence-electron chi connectivity index (χ2n) is 7.82. The Kier molecular flexibility index (Phi) is 6.86. The Morgan fingerprint density at radius 1 is 1.29 bits per heavy atom. The van der Waals surface area contributed by atoms with Crippen molar-refractivity contribution in [1.82, 2.24) is 4.90 Å². The lowest BCUT2D eigenvalue weighted by molar-refractivity contribution is -0.122. The minimum atomic E-state index is -0.250. The quantitative estimate of drug-likeness (QED) is 0.385. The van der Waals surface area contributed by atoms with E-state index in [9.17, 15) is 0 Å². The highest BCUT2D eigenvalue weighted by Crippen LogP contribution is 2.39. The zero-order valence-corrected chi connectivity index (χ0v) is 17.1. The number of benzene rings is 1. The molecule has 2 fully saturated rings. The van der Waals surface area contributed by atoms with Gasteiger partial charge >= 0.3 is 0 Å². The number of carbonyl (C=O) groups is 1. The summed E-state index contributed by atoms with van der Waals surface area (Å²) in [7, 11) is 2.29. The Morgan fingerprint density at radius 2 is 1.96 bits per heavy atom. The van der Waals surface area contributed by atoms with Crippen LogP contribution in [0.3, 0.4) is 0 Å². The Bertz CT molecular complexity index is 792. The Morgan fingerprint density at radius 3 is 2.57 bits per heavy atom. The van der Waals surface area contributed by atoms with E-state index in [-0.39, 0.29) is 6.47 Å². The summed E-state index contributed by atoms with van der Waals surface area (Å²) in [5.74, 6) is 0.773.